The van der Waals surface area contributed by atoms with E-state index in [0.717, 1.165) is 8.61 Å². The number of anilines is 1. The Kier molecular flexibility index (Phi) is 8.95. The van der Waals surface area contributed by atoms with Gasteiger partial charge in [0, 0.05) is 26.7 Å². The first-order chi connectivity index (χ1) is 15.4. The molecule has 2 aromatic rings. The minimum Gasteiger partial charge on any atom is -0.352 e. The third-order valence-electron chi connectivity index (χ3n) is 4.93. The topological polar surface area (TPSA) is 90.0 Å². The van der Waals surface area contributed by atoms with Crippen molar-refractivity contribution >= 4 is 27.7 Å². The molecule has 0 bridgehead atoms. The first-order valence-corrected chi connectivity index (χ1v) is 11.9. The summed E-state index contributed by atoms with van der Waals surface area (Å²) < 4.78 is 41.4. The van der Waals surface area contributed by atoms with Crippen LogP contribution in [0.4, 0.5) is 10.1 Å². The fraction of sp³-hybridized carbons (Fsp3) is 0.391. The van der Waals surface area contributed by atoms with Gasteiger partial charge in [-0.25, -0.2) is 8.70 Å². The molecule has 0 aliphatic heterocycles. The van der Waals surface area contributed by atoms with Gasteiger partial charge in [-0.1, -0.05) is 30.3 Å². The molecule has 0 aliphatic carbocycles. The highest BCUT2D eigenvalue weighted by atomic mass is 32.2. The largest absolute Gasteiger partial charge is 0.352 e. The number of hydrogen-bond donors (Lipinski definition) is 1. The molecule has 180 valence electrons. The van der Waals surface area contributed by atoms with Gasteiger partial charge in [-0.05, 0) is 50.6 Å². The van der Waals surface area contributed by atoms with E-state index in [1.54, 1.807) is 51.1 Å². The molecule has 0 unspecified atom stereocenters. The van der Waals surface area contributed by atoms with Crippen molar-refractivity contribution in [1.29, 1.82) is 0 Å². The fourth-order valence-electron chi connectivity index (χ4n) is 3.09. The summed E-state index contributed by atoms with van der Waals surface area (Å²) in [5.74, 6) is -1.36. The van der Waals surface area contributed by atoms with Gasteiger partial charge in [-0.3, -0.25) is 9.59 Å². The lowest BCUT2D eigenvalue weighted by atomic mass is 10.1. The van der Waals surface area contributed by atoms with E-state index in [1.165, 1.54) is 43.3 Å². The average Bonchev–Trinajstić information content (AvgIpc) is 2.76. The van der Waals surface area contributed by atoms with Crippen LogP contribution in [-0.2, 0) is 26.3 Å². The van der Waals surface area contributed by atoms with Crippen molar-refractivity contribution in [2.24, 2.45) is 0 Å². The maximum atomic E-state index is 13.4. The minimum absolute atomic E-state index is 0.0104. The summed E-state index contributed by atoms with van der Waals surface area (Å²) in [6.45, 7) is 4.68. The second-order valence-electron chi connectivity index (χ2n) is 8.12. The normalized spacial score (nSPS) is 12.5. The van der Waals surface area contributed by atoms with Gasteiger partial charge in [0.05, 0.1) is 5.69 Å². The highest BCUT2D eigenvalue weighted by Crippen LogP contribution is 2.20. The van der Waals surface area contributed by atoms with Crippen molar-refractivity contribution in [3.63, 3.8) is 0 Å². The number of para-hydroxylation sites is 1. The molecule has 0 radical (unpaired) electrons. The number of amides is 2. The summed E-state index contributed by atoms with van der Waals surface area (Å²) in [6.07, 6.45) is 0. The molecular formula is C23H31FN4O4S. The highest BCUT2D eigenvalue weighted by molar-refractivity contribution is 7.90. The van der Waals surface area contributed by atoms with E-state index in [-0.39, 0.29) is 18.5 Å². The summed E-state index contributed by atoms with van der Waals surface area (Å²) in [7, 11) is -1.24. The Bertz CT molecular complexity index is 1040. The lowest BCUT2D eigenvalue weighted by Crippen LogP contribution is -2.53. The van der Waals surface area contributed by atoms with E-state index in [0.29, 0.717) is 11.3 Å². The van der Waals surface area contributed by atoms with E-state index < -0.39 is 34.5 Å². The van der Waals surface area contributed by atoms with Crippen LogP contribution in [0.5, 0.6) is 0 Å². The van der Waals surface area contributed by atoms with Crippen LogP contribution in [0.2, 0.25) is 0 Å². The molecule has 0 saturated carbocycles. The molecule has 2 aromatic carbocycles. The molecule has 0 saturated heterocycles. The monoisotopic (exact) mass is 478 g/mol. The second kappa shape index (κ2) is 11.2. The van der Waals surface area contributed by atoms with Crippen LogP contribution < -0.4 is 9.62 Å². The van der Waals surface area contributed by atoms with Crippen molar-refractivity contribution in [1.82, 2.24) is 14.5 Å². The maximum Gasteiger partial charge on any atom is 0.304 e. The van der Waals surface area contributed by atoms with Gasteiger partial charge in [0.1, 0.15) is 18.4 Å². The van der Waals surface area contributed by atoms with Crippen LogP contribution in [-0.4, -0.2) is 62.2 Å². The van der Waals surface area contributed by atoms with Crippen LogP contribution in [0.15, 0.2) is 54.6 Å². The molecule has 2 rings (SSSR count). The maximum absolute atomic E-state index is 13.4. The fourth-order valence-corrected chi connectivity index (χ4v) is 4.14. The number of nitrogens with one attached hydrogen (secondary N) is 1. The third-order valence-corrected chi connectivity index (χ3v) is 6.75. The second-order valence-corrected chi connectivity index (χ2v) is 10.2. The summed E-state index contributed by atoms with van der Waals surface area (Å²) in [5.41, 5.74) is 0.927. The van der Waals surface area contributed by atoms with E-state index in [9.17, 15) is 22.4 Å². The molecular weight excluding hydrogens is 447 g/mol. The van der Waals surface area contributed by atoms with Gasteiger partial charge in [-0.15, -0.1) is 0 Å². The standard InChI is InChI=1S/C23H31FN4O4S/c1-17(2)25-23(30)18(3)27(15-19-11-13-20(24)14-12-19)22(29)16-28(33(31,32)26(4)5)21-9-7-6-8-10-21/h6-14,17-18H,15-16H2,1-5H3,(H,25,30)/t18-/m1/s1. The molecule has 0 aliphatic rings. The molecule has 33 heavy (non-hydrogen) atoms. The Morgan fingerprint density at radius 1 is 0.970 bits per heavy atom. The van der Waals surface area contributed by atoms with Crippen molar-refractivity contribution in [3.8, 4) is 0 Å². The average molecular weight is 479 g/mol. The van der Waals surface area contributed by atoms with Crippen molar-refractivity contribution in [2.75, 3.05) is 24.9 Å². The Labute approximate surface area is 195 Å². The summed E-state index contributed by atoms with van der Waals surface area (Å²) in [4.78, 5) is 27.4. The molecule has 10 heteroatoms. The van der Waals surface area contributed by atoms with Crippen molar-refractivity contribution in [2.45, 2.75) is 39.4 Å². The van der Waals surface area contributed by atoms with Gasteiger partial charge in [0.25, 0.3) is 0 Å². The van der Waals surface area contributed by atoms with E-state index in [2.05, 4.69) is 5.32 Å². The number of hydrogen-bond acceptors (Lipinski definition) is 4. The van der Waals surface area contributed by atoms with Crippen molar-refractivity contribution in [3.05, 3.63) is 66.0 Å². The molecule has 0 aromatic heterocycles. The summed E-state index contributed by atoms with van der Waals surface area (Å²) >= 11 is 0. The molecule has 0 spiro atoms. The molecule has 1 N–H and O–H groups in total. The molecule has 2 amide bonds. The van der Waals surface area contributed by atoms with Crippen LogP contribution in [0.25, 0.3) is 0 Å². The quantitative estimate of drug-likeness (QED) is 0.568. The summed E-state index contributed by atoms with van der Waals surface area (Å²) in [6, 6.07) is 12.8. The zero-order valence-electron chi connectivity index (χ0n) is 19.5. The van der Waals surface area contributed by atoms with Gasteiger partial charge in [0.2, 0.25) is 11.8 Å². The minimum atomic E-state index is -4.00. The number of nitrogens with zero attached hydrogens (tertiary/aromatic N) is 3. The van der Waals surface area contributed by atoms with Crippen LogP contribution in [0.3, 0.4) is 0 Å². The SMILES string of the molecule is CC(C)NC(=O)[C@@H](C)N(Cc1ccc(F)cc1)C(=O)CN(c1ccccc1)S(=O)(=O)N(C)C. The van der Waals surface area contributed by atoms with Crippen molar-refractivity contribution < 1.29 is 22.4 Å². The van der Waals surface area contributed by atoms with Crippen LogP contribution >= 0.6 is 0 Å². The van der Waals surface area contributed by atoms with Gasteiger partial charge >= 0.3 is 10.2 Å². The van der Waals surface area contributed by atoms with Gasteiger partial charge in [-0.2, -0.15) is 12.7 Å². The van der Waals surface area contributed by atoms with Gasteiger partial charge < -0.3 is 10.2 Å². The third kappa shape index (κ3) is 7.00. The van der Waals surface area contributed by atoms with Crippen LogP contribution in [0.1, 0.15) is 26.3 Å². The number of carbonyl (C=O) groups is 2. The lowest BCUT2D eigenvalue weighted by molar-refractivity contribution is -0.139. The predicted molar refractivity (Wildman–Crippen MR) is 126 cm³/mol. The Balaban J connectivity index is 2.41. The van der Waals surface area contributed by atoms with E-state index in [1.807, 2.05) is 0 Å². The van der Waals surface area contributed by atoms with E-state index >= 15 is 0 Å². The first kappa shape index (κ1) is 26.3. The Morgan fingerprint density at radius 2 is 1.55 bits per heavy atom. The first-order valence-electron chi connectivity index (χ1n) is 10.5. The molecule has 1 atom stereocenters. The molecule has 0 heterocycles. The summed E-state index contributed by atoms with van der Waals surface area (Å²) in [5, 5.41) is 2.77. The smallest absolute Gasteiger partial charge is 0.304 e. The number of carbonyl (C=O) groups excluding carboxylic acids is 2. The number of benzene rings is 2. The van der Waals surface area contributed by atoms with Crippen LogP contribution in [0, 0.1) is 5.82 Å². The molecule has 8 nitrogen and oxygen atoms in total. The zero-order valence-corrected chi connectivity index (χ0v) is 20.3. The Hall–Kier alpha value is -2.98. The van der Waals surface area contributed by atoms with E-state index in [4.69, 9.17) is 0 Å². The predicted octanol–water partition coefficient (Wildman–Crippen LogP) is 2.38. The highest BCUT2D eigenvalue weighted by Gasteiger charge is 2.32. The number of halogens is 1. The van der Waals surface area contributed by atoms with Gasteiger partial charge in [0.15, 0.2) is 0 Å². The zero-order chi connectivity index (χ0) is 24.8. The number of rotatable bonds is 10. The molecule has 0 fully saturated rings. The lowest BCUT2D eigenvalue weighted by Gasteiger charge is -2.33. The Morgan fingerprint density at radius 3 is 2.06 bits per heavy atom.